The molecule has 3 amide bonds. The van der Waals surface area contributed by atoms with Crippen LogP contribution in [0, 0.1) is 5.92 Å². The van der Waals surface area contributed by atoms with Crippen LogP contribution in [0.3, 0.4) is 0 Å². The smallest absolute Gasteiger partial charge is 0.312 e. The number of fused-ring (bicyclic) bond motifs is 1. The lowest BCUT2D eigenvalue weighted by Gasteiger charge is -2.24. The Hall–Kier alpha value is -2.87. The van der Waals surface area contributed by atoms with Crippen LogP contribution in [0.2, 0.25) is 0 Å². The molecule has 30 heavy (non-hydrogen) atoms. The molecule has 6 N–H and O–H groups in total. The molecule has 2 rings (SSSR count). The number of nitrogens with one attached hydrogen (secondary N) is 4. The van der Waals surface area contributed by atoms with Gasteiger partial charge in [-0.1, -0.05) is 39.0 Å². The molecule has 0 radical (unpaired) electrons. The van der Waals surface area contributed by atoms with Crippen molar-refractivity contribution in [1.29, 1.82) is 0 Å². The number of amides is 3. The van der Waals surface area contributed by atoms with E-state index in [2.05, 4.69) is 20.9 Å². The summed E-state index contributed by atoms with van der Waals surface area (Å²) in [6.07, 6.45) is 3.42. The van der Waals surface area contributed by atoms with Gasteiger partial charge < -0.3 is 26.7 Å². The first kappa shape index (κ1) is 23.4. The summed E-state index contributed by atoms with van der Waals surface area (Å²) in [6.45, 7) is 6.57. The number of hydrogen-bond donors (Lipinski definition) is 5. The zero-order valence-corrected chi connectivity index (χ0v) is 18.0. The summed E-state index contributed by atoms with van der Waals surface area (Å²) >= 11 is 0. The molecule has 8 nitrogen and oxygen atoms in total. The van der Waals surface area contributed by atoms with Crippen molar-refractivity contribution in [3.8, 4) is 0 Å². The highest BCUT2D eigenvalue weighted by molar-refractivity contribution is 5.92. The van der Waals surface area contributed by atoms with E-state index < -0.39 is 18.1 Å². The van der Waals surface area contributed by atoms with Crippen molar-refractivity contribution in [2.24, 2.45) is 11.7 Å². The van der Waals surface area contributed by atoms with Gasteiger partial charge in [-0.15, -0.1) is 0 Å². The molecule has 0 fully saturated rings. The summed E-state index contributed by atoms with van der Waals surface area (Å²) in [6, 6.07) is 6.30. The fourth-order valence-electron chi connectivity index (χ4n) is 3.50. The van der Waals surface area contributed by atoms with Gasteiger partial charge in [-0.2, -0.15) is 0 Å². The predicted octanol–water partition coefficient (Wildman–Crippen LogP) is 1.85. The summed E-state index contributed by atoms with van der Waals surface area (Å²) in [5.41, 5.74) is 7.15. The summed E-state index contributed by atoms with van der Waals surface area (Å²) < 4.78 is 0. The van der Waals surface area contributed by atoms with Crippen LogP contribution in [-0.4, -0.2) is 47.9 Å². The lowest BCUT2D eigenvalue weighted by atomic mass is 9.97. The summed E-state index contributed by atoms with van der Waals surface area (Å²) in [5, 5.41) is 9.75. The highest BCUT2D eigenvalue weighted by Gasteiger charge is 2.27. The van der Waals surface area contributed by atoms with Gasteiger partial charge in [0, 0.05) is 29.6 Å². The van der Waals surface area contributed by atoms with E-state index in [0.29, 0.717) is 32.4 Å². The number of carbonyl (C=O) groups is 3. The Morgan fingerprint density at radius 2 is 1.87 bits per heavy atom. The highest BCUT2D eigenvalue weighted by Crippen LogP contribution is 2.19. The maximum atomic E-state index is 13.0. The van der Waals surface area contributed by atoms with E-state index in [0.717, 1.165) is 16.5 Å². The monoisotopic (exact) mass is 415 g/mol. The molecule has 2 atom stereocenters. The van der Waals surface area contributed by atoms with Crippen molar-refractivity contribution in [2.45, 2.75) is 52.1 Å². The zero-order chi connectivity index (χ0) is 22.1. The highest BCUT2D eigenvalue weighted by atomic mass is 16.2. The van der Waals surface area contributed by atoms with Crippen molar-refractivity contribution in [1.82, 2.24) is 20.9 Å². The van der Waals surface area contributed by atoms with Crippen molar-refractivity contribution in [3.63, 3.8) is 0 Å². The molecule has 0 aliphatic carbocycles. The summed E-state index contributed by atoms with van der Waals surface area (Å²) in [5.74, 6) is -0.431. The maximum Gasteiger partial charge on any atom is 0.312 e. The number of carbonyl (C=O) groups excluding carboxylic acids is 3. The van der Waals surface area contributed by atoms with Crippen LogP contribution in [0.1, 0.15) is 39.2 Å². The van der Waals surface area contributed by atoms with Crippen molar-refractivity contribution >= 4 is 28.6 Å². The van der Waals surface area contributed by atoms with Gasteiger partial charge >= 0.3 is 6.03 Å². The van der Waals surface area contributed by atoms with Gasteiger partial charge in [-0.25, -0.2) is 4.79 Å². The second-order valence-corrected chi connectivity index (χ2v) is 7.73. The molecule has 164 valence electrons. The van der Waals surface area contributed by atoms with E-state index in [1.807, 2.05) is 51.2 Å². The molecule has 1 heterocycles. The van der Waals surface area contributed by atoms with Crippen LogP contribution in [0.4, 0.5) is 4.79 Å². The Morgan fingerprint density at radius 1 is 1.13 bits per heavy atom. The molecule has 0 unspecified atom stereocenters. The van der Waals surface area contributed by atoms with E-state index in [9.17, 15) is 14.4 Å². The average Bonchev–Trinajstić information content (AvgIpc) is 3.12. The third-order valence-corrected chi connectivity index (χ3v) is 5.06. The van der Waals surface area contributed by atoms with Crippen LogP contribution in [0.15, 0.2) is 30.5 Å². The first-order valence-corrected chi connectivity index (χ1v) is 10.5. The fourth-order valence-corrected chi connectivity index (χ4v) is 3.50. The molecule has 0 bridgehead atoms. The lowest BCUT2D eigenvalue weighted by molar-refractivity contribution is -0.130. The second-order valence-electron chi connectivity index (χ2n) is 7.73. The number of likely N-dealkylation sites (N-methyl/N-ethyl adjacent to an activating group) is 1. The number of aromatic amines is 1. The van der Waals surface area contributed by atoms with Gasteiger partial charge in [-0.05, 0) is 37.4 Å². The number of nitrogens with two attached hydrogens (primary N) is 1. The molecule has 0 aliphatic heterocycles. The van der Waals surface area contributed by atoms with Gasteiger partial charge in [0.05, 0.1) is 12.1 Å². The minimum absolute atomic E-state index is 0.0234. The minimum Gasteiger partial charge on any atom is -0.361 e. The SMILES string of the molecule is CCN[C@@H](Cc1c[nH]c2ccccc12)C(=O)N[C@@H](CCCNC(N)=O)C(=O)C(C)C. The molecular weight excluding hydrogens is 382 g/mol. The molecule has 0 saturated heterocycles. The third kappa shape index (κ3) is 6.59. The van der Waals surface area contributed by atoms with E-state index in [1.165, 1.54) is 0 Å². The maximum absolute atomic E-state index is 13.0. The molecule has 0 aliphatic rings. The van der Waals surface area contributed by atoms with Gasteiger partial charge in [0.1, 0.15) is 0 Å². The van der Waals surface area contributed by atoms with Crippen LogP contribution >= 0.6 is 0 Å². The van der Waals surface area contributed by atoms with E-state index >= 15 is 0 Å². The summed E-state index contributed by atoms with van der Waals surface area (Å²) in [4.78, 5) is 39.7. The molecule has 8 heteroatoms. The number of Topliss-reactive ketones (excluding diaryl/α,β-unsaturated/α-hetero) is 1. The lowest BCUT2D eigenvalue weighted by Crippen LogP contribution is -2.52. The number of urea groups is 1. The normalized spacial score (nSPS) is 13.2. The number of para-hydroxylation sites is 1. The largest absolute Gasteiger partial charge is 0.361 e. The van der Waals surface area contributed by atoms with Crippen LogP contribution in [0.25, 0.3) is 10.9 Å². The Morgan fingerprint density at radius 3 is 2.53 bits per heavy atom. The topological polar surface area (TPSA) is 129 Å². The standard InChI is InChI=1S/C22H33N5O3/c1-4-24-19(12-15-13-26-17-9-6-5-8-16(15)17)21(29)27-18(20(28)14(2)3)10-7-11-25-22(23)30/h5-6,8-9,13-14,18-19,24,26H,4,7,10-12H2,1-3H3,(H,27,29)(H3,23,25,30)/t18-,19-/m0/s1. The Bertz CT molecular complexity index is 861. The van der Waals surface area contributed by atoms with E-state index in [4.69, 9.17) is 5.73 Å². The number of rotatable bonds is 12. The third-order valence-electron chi connectivity index (χ3n) is 5.06. The molecule has 0 spiro atoms. The Labute approximate surface area is 177 Å². The number of aromatic nitrogens is 1. The molecule has 0 saturated carbocycles. The van der Waals surface area contributed by atoms with E-state index in [-0.39, 0.29) is 17.6 Å². The molecule has 2 aromatic rings. The van der Waals surface area contributed by atoms with Gasteiger partial charge in [0.2, 0.25) is 5.91 Å². The fraction of sp³-hybridized carbons (Fsp3) is 0.500. The Balaban J connectivity index is 2.08. The van der Waals surface area contributed by atoms with E-state index in [1.54, 1.807) is 0 Å². The van der Waals surface area contributed by atoms with Crippen molar-refractivity contribution < 1.29 is 14.4 Å². The number of hydrogen-bond acceptors (Lipinski definition) is 4. The number of benzene rings is 1. The second kappa shape index (κ2) is 11.3. The first-order chi connectivity index (χ1) is 14.3. The molecule has 1 aromatic heterocycles. The van der Waals surface area contributed by atoms with Crippen molar-refractivity contribution in [2.75, 3.05) is 13.1 Å². The summed E-state index contributed by atoms with van der Waals surface area (Å²) in [7, 11) is 0. The molecular formula is C22H33N5O3. The van der Waals surface area contributed by atoms with Gasteiger partial charge in [0.25, 0.3) is 0 Å². The van der Waals surface area contributed by atoms with Crippen LogP contribution < -0.4 is 21.7 Å². The van der Waals surface area contributed by atoms with Crippen molar-refractivity contribution in [3.05, 3.63) is 36.0 Å². The molecule has 1 aromatic carbocycles. The van der Waals surface area contributed by atoms with Gasteiger partial charge in [0.15, 0.2) is 5.78 Å². The number of primary amides is 1. The van der Waals surface area contributed by atoms with Crippen LogP contribution in [0.5, 0.6) is 0 Å². The average molecular weight is 416 g/mol. The first-order valence-electron chi connectivity index (χ1n) is 10.5. The minimum atomic E-state index is -0.601. The Kier molecular flexibility index (Phi) is 8.86. The number of H-pyrrole nitrogens is 1. The zero-order valence-electron chi connectivity index (χ0n) is 18.0. The van der Waals surface area contributed by atoms with Crippen LogP contribution in [-0.2, 0) is 16.0 Å². The predicted molar refractivity (Wildman–Crippen MR) is 118 cm³/mol. The number of ketones is 1. The quantitative estimate of drug-likeness (QED) is 0.339. The van der Waals surface area contributed by atoms with Gasteiger partial charge in [-0.3, -0.25) is 9.59 Å².